The first-order valence-electron chi connectivity index (χ1n) is 4.37. The van der Waals surface area contributed by atoms with Crippen molar-refractivity contribution in [3.8, 4) is 0 Å². The molecule has 0 saturated heterocycles. The molecule has 0 aliphatic carbocycles. The van der Waals surface area contributed by atoms with Gasteiger partial charge in [-0.15, -0.1) is 0 Å². The molecule has 4 nitrogen and oxygen atoms in total. The highest BCUT2D eigenvalue weighted by atomic mass is 16.6. The number of rotatable bonds is 4. The highest BCUT2D eigenvalue weighted by molar-refractivity contribution is 5.78. The van der Waals surface area contributed by atoms with E-state index in [0.717, 1.165) is 0 Å². The highest BCUT2D eigenvalue weighted by Gasteiger charge is 2.11. The number of nitrogens with zero attached hydrogens (tertiary/aromatic N) is 1. The monoisotopic (exact) mass is 192 g/mol. The lowest BCUT2D eigenvalue weighted by Gasteiger charge is -2.01. The summed E-state index contributed by atoms with van der Waals surface area (Å²) in [5, 5.41) is 17.9. The van der Waals surface area contributed by atoms with Crippen molar-refractivity contribution in [2.45, 2.75) is 19.8 Å². The van der Waals surface area contributed by atoms with Crippen molar-refractivity contribution in [2.24, 2.45) is 0 Å². The summed E-state index contributed by atoms with van der Waals surface area (Å²) in [6.45, 7) is 1.70. The minimum Gasteiger partial charge on any atom is -0.310 e. The van der Waals surface area contributed by atoms with E-state index in [0.29, 0.717) is 24.1 Å². The summed E-state index contributed by atoms with van der Waals surface area (Å²) in [6, 6.07) is 6.66. The molecule has 0 aliphatic heterocycles. The molecule has 0 aliphatic rings. The third kappa shape index (κ3) is 2.65. The number of hydrogen-bond acceptors (Lipinski definition) is 3. The quantitative estimate of drug-likeness (QED) is 0.452. The topological polar surface area (TPSA) is 67.0 Å². The van der Waals surface area contributed by atoms with Crippen LogP contribution in [-0.2, 0) is 6.42 Å². The normalized spacial score (nSPS) is 9.79. The molecule has 0 aromatic heterocycles. The van der Waals surface area contributed by atoms with Crippen LogP contribution in [-0.4, -0.2) is 10.6 Å². The molecule has 0 fully saturated rings. The second-order valence-electron chi connectivity index (χ2n) is 3.17. The maximum absolute atomic E-state index is 10.6. The summed E-state index contributed by atoms with van der Waals surface area (Å²) in [4.78, 5) is 10.2. The molecule has 0 atom stereocenters. The van der Waals surface area contributed by atoms with Crippen molar-refractivity contribution in [1.82, 2.24) is 0 Å². The van der Waals surface area contributed by atoms with E-state index in [-0.39, 0.29) is 10.6 Å². The molecule has 1 aromatic rings. The predicted octanol–water partition coefficient (Wildman–Crippen LogP) is 2.57. The minimum absolute atomic E-state index is 0.147. The zero-order chi connectivity index (χ0) is 10.6. The lowest BCUT2D eigenvalue weighted by Crippen LogP contribution is -1.98. The van der Waals surface area contributed by atoms with Crippen LogP contribution < -0.4 is 0 Å². The summed E-state index contributed by atoms with van der Waals surface area (Å²) >= 11 is 0. The standard InChI is InChI=1S/C10H12N2O2/c1-8(11)6-7-9-4-2-3-5-10(9)12(13)14/h2-5,11H,6-7H2,1H3. The number of hydrogen-bond donors (Lipinski definition) is 1. The van der Waals surface area contributed by atoms with E-state index in [1.165, 1.54) is 6.07 Å². The second kappa shape index (κ2) is 4.50. The van der Waals surface area contributed by atoms with Gasteiger partial charge in [-0.3, -0.25) is 10.1 Å². The van der Waals surface area contributed by atoms with Crippen LogP contribution in [0.4, 0.5) is 5.69 Å². The number of nitro benzene ring substituents is 1. The molecular weight excluding hydrogens is 180 g/mol. The zero-order valence-corrected chi connectivity index (χ0v) is 7.99. The fourth-order valence-corrected chi connectivity index (χ4v) is 1.22. The molecule has 1 N–H and O–H groups in total. The van der Waals surface area contributed by atoms with Gasteiger partial charge in [0.05, 0.1) is 4.92 Å². The second-order valence-corrected chi connectivity index (χ2v) is 3.17. The fraction of sp³-hybridized carbons (Fsp3) is 0.300. The van der Waals surface area contributed by atoms with Crippen molar-refractivity contribution in [1.29, 1.82) is 5.41 Å². The number of nitro groups is 1. The fourth-order valence-electron chi connectivity index (χ4n) is 1.22. The van der Waals surface area contributed by atoms with E-state index in [1.807, 2.05) is 0 Å². The molecule has 1 rings (SSSR count). The first-order chi connectivity index (χ1) is 6.61. The number of nitrogens with one attached hydrogen (secondary N) is 1. The van der Waals surface area contributed by atoms with E-state index in [9.17, 15) is 10.1 Å². The predicted molar refractivity (Wildman–Crippen MR) is 54.8 cm³/mol. The van der Waals surface area contributed by atoms with Crippen LogP contribution in [0.3, 0.4) is 0 Å². The van der Waals surface area contributed by atoms with Gasteiger partial charge in [-0.2, -0.15) is 0 Å². The van der Waals surface area contributed by atoms with Gasteiger partial charge in [-0.25, -0.2) is 0 Å². The van der Waals surface area contributed by atoms with Crippen molar-refractivity contribution in [3.05, 3.63) is 39.9 Å². The lowest BCUT2D eigenvalue weighted by atomic mass is 10.1. The Bertz CT molecular complexity index is 361. The van der Waals surface area contributed by atoms with E-state index >= 15 is 0 Å². The van der Waals surface area contributed by atoms with Gasteiger partial charge in [0.2, 0.25) is 0 Å². The Balaban J connectivity index is 2.84. The maximum Gasteiger partial charge on any atom is 0.272 e. The summed E-state index contributed by atoms with van der Waals surface area (Å²) < 4.78 is 0. The van der Waals surface area contributed by atoms with E-state index in [4.69, 9.17) is 5.41 Å². The Kier molecular flexibility index (Phi) is 3.34. The van der Waals surface area contributed by atoms with Crippen LogP contribution in [0.5, 0.6) is 0 Å². The molecule has 0 heterocycles. The van der Waals surface area contributed by atoms with Gasteiger partial charge in [-0.1, -0.05) is 18.2 Å². The molecule has 0 radical (unpaired) electrons. The Labute approximate surface area is 82.2 Å². The smallest absolute Gasteiger partial charge is 0.272 e. The van der Waals surface area contributed by atoms with Gasteiger partial charge in [0, 0.05) is 17.3 Å². The van der Waals surface area contributed by atoms with Crippen molar-refractivity contribution in [3.63, 3.8) is 0 Å². The van der Waals surface area contributed by atoms with Crippen LogP contribution >= 0.6 is 0 Å². The molecule has 0 unspecified atom stereocenters. The first kappa shape index (κ1) is 10.4. The molecule has 0 amide bonds. The largest absolute Gasteiger partial charge is 0.310 e. The Morgan fingerprint density at radius 1 is 1.50 bits per heavy atom. The summed E-state index contributed by atoms with van der Waals surface area (Å²) in [6.07, 6.45) is 1.14. The Hall–Kier alpha value is -1.71. The van der Waals surface area contributed by atoms with Crippen molar-refractivity contribution >= 4 is 11.4 Å². The van der Waals surface area contributed by atoms with Gasteiger partial charge < -0.3 is 5.41 Å². The minimum atomic E-state index is -0.380. The molecular formula is C10H12N2O2. The van der Waals surface area contributed by atoms with E-state index in [2.05, 4.69) is 0 Å². The van der Waals surface area contributed by atoms with Crippen LogP contribution in [0, 0.1) is 15.5 Å². The average Bonchev–Trinajstić information content (AvgIpc) is 2.15. The van der Waals surface area contributed by atoms with Crippen LogP contribution in [0.25, 0.3) is 0 Å². The Morgan fingerprint density at radius 3 is 2.71 bits per heavy atom. The van der Waals surface area contributed by atoms with Gasteiger partial charge in [0.1, 0.15) is 0 Å². The molecule has 14 heavy (non-hydrogen) atoms. The van der Waals surface area contributed by atoms with E-state index < -0.39 is 0 Å². The zero-order valence-electron chi connectivity index (χ0n) is 7.99. The van der Waals surface area contributed by atoms with Gasteiger partial charge >= 0.3 is 0 Å². The number of benzene rings is 1. The van der Waals surface area contributed by atoms with Crippen molar-refractivity contribution < 1.29 is 4.92 Å². The van der Waals surface area contributed by atoms with Crippen molar-refractivity contribution in [2.75, 3.05) is 0 Å². The highest BCUT2D eigenvalue weighted by Crippen LogP contribution is 2.18. The lowest BCUT2D eigenvalue weighted by molar-refractivity contribution is -0.385. The number of aryl methyl sites for hydroxylation is 1. The van der Waals surface area contributed by atoms with E-state index in [1.54, 1.807) is 25.1 Å². The third-order valence-electron chi connectivity index (χ3n) is 1.96. The molecule has 74 valence electrons. The first-order valence-corrected chi connectivity index (χ1v) is 4.37. The van der Waals surface area contributed by atoms with Crippen LogP contribution in [0.2, 0.25) is 0 Å². The average molecular weight is 192 g/mol. The summed E-state index contributed by atoms with van der Waals surface area (Å²) in [5.74, 6) is 0. The van der Waals surface area contributed by atoms with Gasteiger partial charge in [0.25, 0.3) is 5.69 Å². The van der Waals surface area contributed by atoms with Gasteiger partial charge in [0.15, 0.2) is 0 Å². The van der Waals surface area contributed by atoms with Crippen LogP contribution in [0.15, 0.2) is 24.3 Å². The summed E-state index contributed by atoms with van der Waals surface area (Å²) in [5.41, 5.74) is 1.39. The third-order valence-corrected chi connectivity index (χ3v) is 1.96. The summed E-state index contributed by atoms with van der Waals surface area (Å²) in [7, 11) is 0. The maximum atomic E-state index is 10.6. The Morgan fingerprint density at radius 2 is 2.14 bits per heavy atom. The molecule has 0 saturated carbocycles. The van der Waals surface area contributed by atoms with Gasteiger partial charge in [-0.05, 0) is 19.8 Å². The molecule has 4 heteroatoms. The molecule has 0 spiro atoms. The SMILES string of the molecule is CC(=N)CCc1ccccc1[N+](=O)[O-]. The number of para-hydroxylation sites is 1. The molecule has 1 aromatic carbocycles. The van der Waals surface area contributed by atoms with Crippen LogP contribution in [0.1, 0.15) is 18.9 Å². The molecule has 0 bridgehead atoms.